The first-order valence-corrected chi connectivity index (χ1v) is 7.41. The zero-order valence-electron chi connectivity index (χ0n) is 13.8. The molecular formula is C16H18N4O5. The van der Waals surface area contributed by atoms with Gasteiger partial charge in [-0.2, -0.15) is 5.10 Å². The molecule has 1 heterocycles. The molecule has 0 fully saturated rings. The van der Waals surface area contributed by atoms with Crippen LogP contribution < -0.4 is 10.2 Å². The zero-order valence-corrected chi connectivity index (χ0v) is 13.8. The summed E-state index contributed by atoms with van der Waals surface area (Å²) in [5.41, 5.74) is 2.72. The Bertz CT molecular complexity index is 752. The maximum atomic E-state index is 12.0. The van der Waals surface area contributed by atoms with E-state index in [-0.39, 0.29) is 5.76 Å². The third-order valence-electron chi connectivity index (χ3n) is 3.07. The lowest BCUT2D eigenvalue weighted by Gasteiger charge is -2.11. The van der Waals surface area contributed by atoms with Gasteiger partial charge in [0.05, 0.1) is 12.3 Å². The average Bonchev–Trinajstić information content (AvgIpc) is 3.04. The second-order valence-electron chi connectivity index (χ2n) is 5.31. The molecule has 9 nitrogen and oxygen atoms in total. The summed E-state index contributed by atoms with van der Waals surface area (Å²) in [5, 5.41) is 14.2. The molecule has 0 aliphatic carbocycles. The van der Waals surface area contributed by atoms with Crippen molar-refractivity contribution in [3.63, 3.8) is 0 Å². The number of benzene rings is 1. The second kappa shape index (κ2) is 8.60. The summed E-state index contributed by atoms with van der Waals surface area (Å²) in [6.45, 7) is 1.35. The molecule has 0 aliphatic rings. The van der Waals surface area contributed by atoms with Crippen molar-refractivity contribution in [2.75, 3.05) is 27.2 Å². The number of hydrogen-bond acceptors (Lipinski definition) is 7. The van der Waals surface area contributed by atoms with Crippen LogP contribution in [0, 0.1) is 10.1 Å². The molecule has 25 heavy (non-hydrogen) atoms. The van der Waals surface area contributed by atoms with Crippen molar-refractivity contribution in [3.8, 4) is 5.75 Å². The van der Waals surface area contributed by atoms with Crippen LogP contribution in [0.3, 0.4) is 0 Å². The van der Waals surface area contributed by atoms with Crippen LogP contribution in [0.5, 0.6) is 5.75 Å². The highest BCUT2D eigenvalue weighted by molar-refractivity contribution is 5.94. The number of nitro groups is 1. The number of nitrogens with zero attached hydrogens (tertiary/aromatic N) is 3. The summed E-state index contributed by atoms with van der Waals surface area (Å²) >= 11 is 0. The number of hydrazone groups is 1. The first-order valence-electron chi connectivity index (χ1n) is 7.41. The fourth-order valence-corrected chi connectivity index (χ4v) is 1.78. The maximum Gasteiger partial charge on any atom is 0.433 e. The van der Waals surface area contributed by atoms with Crippen molar-refractivity contribution in [2.24, 2.45) is 5.10 Å². The first-order chi connectivity index (χ1) is 12.0. The minimum atomic E-state index is -0.655. The second-order valence-corrected chi connectivity index (χ2v) is 5.31. The maximum absolute atomic E-state index is 12.0. The van der Waals surface area contributed by atoms with Gasteiger partial charge in [-0.15, -0.1) is 0 Å². The number of likely N-dealkylation sites (N-methyl/N-ethyl adjacent to an activating group) is 1. The van der Waals surface area contributed by atoms with Gasteiger partial charge in [0.1, 0.15) is 17.3 Å². The van der Waals surface area contributed by atoms with E-state index in [2.05, 4.69) is 10.5 Å². The average molecular weight is 346 g/mol. The van der Waals surface area contributed by atoms with E-state index in [0.29, 0.717) is 17.9 Å². The Morgan fingerprint density at radius 2 is 2.04 bits per heavy atom. The molecule has 132 valence electrons. The minimum Gasteiger partial charge on any atom is -0.492 e. The molecule has 0 radical (unpaired) electrons. The molecular weight excluding hydrogens is 328 g/mol. The van der Waals surface area contributed by atoms with E-state index in [1.54, 1.807) is 24.3 Å². The van der Waals surface area contributed by atoms with Crippen LogP contribution in [0.15, 0.2) is 45.9 Å². The number of carbonyl (C=O) groups is 1. The van der Waals surface area contributed by atoms with Gasteiger partial charge in [-0.05, 0) is 44.4 Å². The smallest absolute Gasteiger partial charge is 0.433 e. The topological polar surface area (TPSA) is 110 Å². The highest BCUT2D eigenvalue weighted by Crippen LogP contribution is 2.14. The number of hydrogen-bond donors (Lipinski definition) is 1. The van der Waals surface area contributed by atoms with E-state index < -0.39 is 16.7 Å². The van der Waals surface area contributed by atoms with E-state index in [0.717, 1.165) is 6.54 Å². The zero-order chi connectivity index (χ0) is 18.2. The highest BCUT2D eigenvalue weighted by Gasteiger charge is 2.10. The summed E-state index contributed by atoms with van der Waals surface area (Å²) in [5.74, 6) is 0.0243. The molecule has 1 aromatic heterocycles. The largest absolute Gasteiger partial charge is 0.492 e. The molecule has 0 saturated carbocycles. The Labute approximate surface area is 144 Å². The Morgan fingerprint density at radius 3 is 2.64 bits per heavy atom. The summed E-state index contributed by atoms with van der Waals surface area (Å²) < 4.78 is 10.4. The molecule has 0 spiro atoms. The highest BCUT2D eigenvalue weighted by atomic mass is 16.6. The van der Waals surface area contributed by atoms with Gasteiger partial charge in [0.2, 0.25) is 0 Å². The molecule has 2 rings (SSSR count). The van der Waals surface area contributed by atoms with Crippen molar-refractivity contribution in [2.45, 2.75) is 0 Å². The Balaban J connectivity index is 1.85. The monoisotopic (exact) mass is 346 g/mol. The fourth-order valence-electron chi connectivity index (χ4n) is 1.78. The SMILES string of the molecule is CN(C)CCOc1ccc(C(=O)N/N=C/c2ccc([N+](=O)[O-])o2)cc1. The lowest BCUT2D eigenvalue weighted by Crippen LogP contribution is -2.19. The van der Waals surface area contributed by atoms with Gasteiger partial charge in [0, 0.05) is 12.1 Å². The van der Waals surface area contributed by atoms with E-state index >= 15 is 0 Å². The van der Waals surface area contributed by atoms with Crippen LogP contribution >= 0.6 is 0 Å². The van der Waals surface area contributed by atoms with Gasteiger partial charge in [-0.3, -0.25) is 14.9 Å². The van der Waals surface area contributed by atoms with Gasteiger partial charge < -0.3 is 14.1 Å². The summed E-state index contributed by atoms with van der Waals surface area (Å²) in [7, 11) is 3.91. The third kappa shape index (κ3) is 5.74. The molecule has 0 bridgehead atoms. The fraction of sp³-hybridized carbons (Fsp3) is 0.250. The normalized spacial score (nSPS) is 11.0. The molecule has 0 atom stereocenters. The van der Waals surface area contributed by atoms with Gasteiger partial charge in [-0.25, -0.2) is 5.43 Å². The van der Waals surface area contributed by atoms with Crippen molar-refractivity contribution >= 4 is 18.0 Å². The van der Waals surface area contributed by atoms with Crippen molar-refractivity contribution < 1.29 is 18.9 Å². The molecule has 0 unspecified atom stereocenters. The van der Waals surface area contributed by atoms with E-state index in [1.807, 2.05) is 19.0 Å². The number of carbonyl (C=O) groups excluding carboxylic acids is 1. The number of amides is 1. The van der Waals surface area contributed by atoms with E-state index in [9.17, 15) is 14.9 Å². The predicted molar refractivity (Wildman–Crippen MR) is 90.9 cm³/mol. The minimum absolute atomic E-state index is 0.164. The number of ether oxygens (including phenoxy) is 1. The lowest BCUT2D eigenvalue weighted by atomic mass is 10.2. The summed E-state index contributed by atoms with van der Waals surface area (Å²) in [4.78, 5) is 23.8. The van der Waals surface area contributed by atoms with Crippen LogP contribution in [0.2, 0.25) is 0 Å². The molecule has 1 amide bonds. The van der Waals surface area contributed by atoms with Gasteiger partial charge in [0.25, 0.3) is 5.91 Å². The van der Waals surface area contributed by atoms with Crippen molar-refractivity contribution in [3.05, 3.63) is 57.8 Å². The third-order valence-corrected chi connectivity index (χ3v) is 3.07. The molecule has 0 saturated heterocycles. The Hall–Kier alpha value is -3.20. The van der Waals surface area contributed by atoms with Crippen LogP contribution in [0.1, 0.15) is 16.1 Å². The quantitative estimate of drug-likeness (QED) is 0.444. The van der Waals surface area contributed by atoms with Crippen LogP contribution in [0.25, 0.3) is 0 Å². The van der Waals surface area contributed by atoms with Crippen molar-refractivity contribution in [1.82, 2.24) is 10.3 Å². The Kier molecular flexibility index (Phi) is 6.24. The van der Waals surface area contributed by atoms with Crippen molar-refractivity contribution in [1.29, 1.82) is 0 Å². The van der Waals surface area contributed by atoms with Crippen LogP contribution in [-0.4, -0.2) is 49.2 Å². The predicted octanol–water partition coefficient (Wildman–Crippen LogP) is 1.89. The molecule has 2 aromatic rings. The number of rotatable bonds is 8. The number of furan rings is 1. The molecule has 1 aromatic carbocycles. The van der Waals surface area contributed by atoms with Crippen LogP contribution in [-0.2, 0) is 0 Å². The molecule has 1 N–H and O–H groups in total. The Morgan fingerprint density at radius 1 is 1.32 bits per heavy atom. The van der Waals surface area contributed by atoms with E-state index in [4.69, 9.17) is 9.15 Å². The summed E-state index contributed by atoms with van der Waals surface area (Å²) in [6.07, 6.45) is 1.18. The first kappa shape index (κ1) is 18.1. The van der Waals surface area contributed by atoms with Gasteiger partial charge >= 0.3 is 5.88 Å². The lowest BCUT2D eigenvalue weighted by molar-refractivity contribution is -0.402. The van der Waals surface area contributed by atoms with Gasteiger partial charge in [-0.1, -0.05) is 0 Å². The number of nitrogens with one attached hydrogen (secondary N) is 1. The van der Waals surface area contributed by atoms with Gasteiger partial charge in [0.15, 0.2) is 5.76 Å². The standard InChI is InChI=1S/C16H18N4O5/c1-19(2)9-10-24-13-5-3-12(4-6-13)16(21)18-17-11-14-7-8-15(25-14)20(22)23/h3-8,11H,9-10H2,1-2H3,(H,18,21)/b17-11+. The van der Waals surface area contributed by atoms with E-state index in [1.165, 1.54) is 18.3 Å². The molecule has 9 heteroatoms. The molecule has 0 aliphatic heterocycles. The summed E-state index contributed by atoms with van der Waals surface area (Å²) in [6, 6.07) is 9.22. The van der Waals surface area contributed by atoms with Crippen LogP contribution in [0.4, 0.5) is 5.88 Å².